The molecule has 0 spiro atoms. The molecule has 1 aliphatic rings. The highest BCUT2D eigenvalue weighted by atomic mass is 16.6. The van der Waals surface area contributed by atoms with Crippen molar-refractivity contribution in [3.63, 3.8) is 0 Å². The maximum atomic E-state index is 13.9. The third-order valence-electron chi connectivity index (χ3n) is 8.75. The van der Waals surface area contributed by atoms with Gasteiger partial charge in [0.15, 0.2) is 0 Å². The van der Waals surface area contributed by atoms with Gasteiger partial charge in [0, 0.05) is 27.7 Å². The van der Waals surface area contributed by atoms with Gasteiger partial charge < -0.3 is 39.6 Å². The van der Waals surface area contributed by atoms with Crippen molar-refractivity contribution in [3.8, 4) is 0 Å². The average molecular weight is 736 g/mol. The Kier molecular flexibility index (Phi) is 20.7. The zero-order chi connectivity index (χ0) is 38.5. The summed E-state index contributed by atoms with van der Waals surface area (Å²) in [6.07, 6.45) is 3.03. The lowest BCUT2D eigenvalue weighted by Crippen LogP contribution is -2.60. The SMILES string of the molecule is COCCOC(=O)N[C@H](C(=O)NC(Cc1ccccc1)C(CN(CC1CCCCC1)NC(=O)[C@@H](NC(=O)OCCOC)C(C)C)OC(C)=O)C(C)C. The van der Waals surface area contributed by atoms with E-state index in [1.807, 2.05) is 44.2 Å². The number of nitrogens with one attached hydrogen (secondary N) is 4. The van der Waals surface area contributed by atoms with Crippen molar-refractivity contribution in [2.24, 2.45) is 17.8 Å². The first-order valence-electron chi connectivity index (χ1n) is 18.3. The maximum Gasteiger partial charge on any atom is 0.407 e. The molecule has 0 radical (unpaired) electrons. The van der Waals surface area contributed by atoms with Crippen LogP contribution in [-0.2, 0) is 44.5 Å². The minimum absolute atomic E-state index is 0.0185. The Balaban J connectivity index is 2.42. The van der Waals surface area contributed by atoms with Gasteiger partial charge in [-0.25, -0.2) is 14.6 Å². The van der Waals surface area contributed by atoms with E-state index >= 15 is 0 Å². The van der Waals surface area contributed by atoms with Crippen LogP contribution in [0.25, 0.3) is 0 Å². The van der Waals surface area contributed by atoms with Gasteiger partial charge in [-0.3, -0.25) is 19.8 Å². The number of carbonyl (C=O) groups excluding carboxylic acids is 5. The second-order valence-electron chi connectivity index (χ2n) is 13.8. The summed E-state index contributed by atoms with van der Waals surface area (Å²) in [6, 6.07) is 6.76. The van der Waals surface area contributed by atoms with E-state index in [-0.39, 0.29) is 57.1 Å². The van der Waals surface area contributed by atoms with Crippen molar-refractivity contribution in [1.29, 1.82) is 0 Å². The summed E-state index contributed by atoms with van der Waals surface area (Å²) in [5.41, 5.74) is 3.87. The quantitative estimate of drug-likeness (QED) is 0.0593. The summed E-state index contributed by atoms with van der Waals surface area (Å²) >= 11 is 0. The molecular formula is C37H61N5O10. The Hall–Kier alpha value is -3.95. The van der Waals surface area contributed by atoms with Crippen molar-refractivity contribution in [2.75, 3.05) is 53.7 Å². The third kappa shape index (κ3) is 17.0. The van der Waals surface area contributed by atoms with Gasteiger partial charge in [-0.15, -0.1) is 0 Å². The minimum Gasteiger partial charge on any atom is -0.459 e. The number of esters is 1. The van der Waals surface area contributed by atoms with Gasteiger partial charge in [0.2, 0.25) is 5.91 Å². The van der Waals surface area contributed by atoms with Crippen LogP contribution in [0.15, 0.2) is 30.3 Å². The molecule has 294 valence electrons. The van der Waals surface area contributed by atoms with E-state index in [1.165, 1.54) is 21.1 Å². The molecule has 1 saturated carbocycles. The summed E-state index contributed by atoms with van der Waals surface area (Å²) in [6.45, 7) is 9.46. The molecule has 2 rings (SSSR count). The predicted molar refractivity (Wildman–Crippen MR) is 194 cm³/mol. The van der Waals surface area contributed by atoms with E-state index in [9.17, 15) is 24.0 Å². The molecule has 4 atom stereocenters. The Morgan fingerprint density at radius 2 is 1.29 bits per heavy atom. The molecule has 0 saturated heterocycles. The van der Waals surface area contributed by atoms with Crippen LogP contribution in [0.5, 0.6) is 0 Å². The van der Waals surface area contributed by atoms with Gasteiger partial charge in [0.05, 0.1) is 25.8 Å². The largest absolute Gasteiger partial charge is 0.459 e. The molecule has 1 fully saturated rings. The topological polar surface area (TPSA) is 183 Å². The summed E-state index contributed by atoms with van der Waals surface area (Å²) in [5, 5.41) is 10.1. The standard InChI is InChI=1S/C37H61N5O10/c1-25(2)32(39-36(46)50-20-18-48-6)34(44)38-30(22-28-14-10-8-11-15-28)31(52-27(5)43)24-42(23-29-16-12-9-13-17-29)41-35(45)33(26(3)4)40-37(47)51-21-19-49-7/h8,10-11,14-15,25-26,29-33H,9,12-13,16-24H2,1-7H3,(H,38,44)(H,39,46)(H,40,47)(H,41,45)/t30?,31?,32-,33-/m0/s1. The number of ether oxygens (including phenoxy) is 5. The monoisotopic (exact) mass is 735 g/mol. The van der Waals surface area contributed by atoms with Gasteiger partial charge in [-0.1, -0.05) is 77.3 Å². The van der Waals surface area contributed by atoms with Crippen molar-refractivity contribution in [2.45, 2.75) is 97.4 Å². The number of methoxy groups -OCH3 is 2. The van der Waals surface area contributed by atoms with Crippen LogP contribution in [0.4, 0.5) is 9.59 Å². The van der Waals surface area contributed by atoms with Gasteiger partial charge in [-0.05, 0) is 42.6 Å². The third-order valence-corrected chi connectivity index (χ3v) is 8.75. The van der Waals surface area contributed by atoms with Crippen molar-refractivity contribution < 1.29 is 47.7 Å². The fourth-order valence-corrected chi connectivity index (χ4v) is 6.01. The van der Waals surface area contributed by atoms with Gasteiger partial charge >= 0.3 is 18.2 Å². The van der Waals surface area contributed by atoms with Crippen molar-refractivity contribution in [3.05, 3.63) is 35.9 Å². The fourth-order valence-electron chi connectivity index (χ4n) is 6.01. The van der Waals surface area contributed by atoms with Crippen molar-refractivity contribution in [1.82, 2.24) is 26.4 Å². The molecule has 15 nitrogen and oxygen atoms in total. The van der Waals surface area contributed by atoms with E-state index in [1.54, 1.807) is 18.9 Å². The van der Waals surface area contributed by atoms with Crippen LogP contribution in [0.1, 0.15) is 72.3 Å². The minimum atomic E-state index is -0.967. The van der Waals surface area contributed by atoms with E-state index in [0.29, 0.717) is 6.54 Å². The lowest BCUT2D eigenvalue weighted by Gasteiger charge is -2.36. The first kappa shape index (κ1) is 44.2. The number of alkyl carbamates (subject to hydrolysis) is 2. The molecule has 15 heteroatoms. The summed E-state index contributed by atoms with van der Waals surface area (Å²) in [5.74, 6) is -1.86. The first-order valence-corrected chi connectivity index (χ1v) is 18.3. The summed E-state index contributed by atoms with van der Waals surface area (Å²) in [4.78, 5) is 65.4. The highest BCUT2D eigenvalue weighted by Crippen LogP contribution is 2.25. The molecule has 2 unspecified atom stereocenters. The Bertz CT molecular complexity index is 1230. The van der Waals surface area contributed by atoms with Crippen LogP contribution in [0, 0.1) is 17.8 Å². The molecule has 0 bridgehead atoms. The van der Waals surface area contributed by atoms with Crippen LogP contribution in [0.3, 0.4) is 0 Å². The van der Waals surface area contributed by atoms with Crippen LogP contribution in [0.2, 0.25) is 0 Å². The second-order valence-corrected chi connectivity index (χ2v) is 13.8. The van der Waals surface area contributed by atoms with Crippen LogP contribution < -0.4 is 21.4 Å². The highest BCUT2D eigenvalue weighted by Gasteiger charge is 2.35. The molecule has 0 aromatic heterocycles. The molecule has 1 aliphatic carbocycles. The van der Waals surface area contributed by atoms with Gasteiger partial charge in [0.1, 0.15) is 31.4 Å². The van der Waals surface area contributed by atoms with E-state index in [0.717, 1.165) is 37.7 Å². The second kappa shape index (κ2) is 24.3. The van der Waals surface area contributed by atoms with Crippen LogP contribution >= 0.6 is 0 Å². The molecule has 0 heterocycles. The zero-order valence-electron chi connectivity index (χ0n) is 31.9. The average Bonchev–Trinajstić information content (AvgIpc) is 3.09. The van der Waals surface area contributed by atoms with Gasteiger partial charge in [0.25, 0.3) is 5.91 Å². The number of hydrogen-bond donors (Lipinski definition) is 4. The number of rotatable bonds is 22. The van der Waals surface area contributed by atoms with Crippen molar-refractivity contribution >= 4 is 30.0 Å². The normalized spacial score (nSPS) is 15.7. The lowest BCUT2D eigenvalue weighted by molar-refractivity contribution is -0.151. The number of amides is 4. The Morgan fingerprint density at radius 1 is 0.750 bits per heavy atom. The van der Waals surface area contributed by atoms with E-state index in [4.69, 9.17) is 23.7 Å². The van der Waals surface area contributed by atoms with E-state index in [2.05, 4.69) is 21.4 Å². The molecule has 1 aromatic carbocycles. The lowest BCUT2D eigenvalue weighted by atomic mass is 9.89. The number of hydrazine groups is 1. The number of nitrogens with zero attached hydrogens (tertiary/aromatic N) is 1. The first-order chi connectivity index (χ1) is 24.8. The van der Waals surface area contributed by atoms with E-state index < -0.39 is 54.2 Å². The maximum absolute atomic E-state index is 13.9. The summed E-state index contributed by atoms with van der Waals surface area (Å²) < 4.78 is 26.1. The highest BCUT2D eigenvalue weighted by molar-refractivity contribution is 5.86. The predicted octanol–water partition coefficient (Wildman–Crippen LogP) is 3.35. The number of benzene rings is 1. The smallest absolute Gasteiger partial charge is 0.407 e. The molecule has 4 amide bonds. The Morgan fingerprint density at radius 3 is 1.79 bits per heavy atom. The number of hydrogen-bond acceptors (Lipinski definition) is 11. The summed E-state index contributed by atoms with van der Waals surface area (Å²) in [7, 11) is 2.98. The van der Waals surface area contributed by atoms with Gasteiger partial charge in [-0.2, -0.15) is 0 Å². The molecule has 1 aromatic rings. The molecular weight excluding hydrogens is 674 g/mol. The molecule has 4 N–H and O–H groups in total. The Labute approximate surface area is 308 Å². The zero-order valence-corrected chi connectivity index (χ0v) is 31.9. The molecule has 52 heavy (non-hydrogen) atoms. The molecule has 0 aliphatic heterocycles. The fraction of sp³-hybridized carbons (Fsp3) is 0.703. The van der Waals surface area contributed by atoms with Crippen LogP contribution in [-0.4, -0.2) is 113 Å². The number of carbonyl (C=O) groups is 5.